The second-order valence-corrected chi connectivity index (χ2v) is 6.18. The van der Waals surface area contributed by atoms with Crippen LogP contribution in [0.25, 0.3) is 0 Å². The first-order valence-corrected chi connectivity index (χ1v) is 8.09. The number of halogens is 1. The summed E-state index contributed by atoms with van der Waals surface area (Å²) in [5.74, 6) is 0.594. The highest BCUT2D eigenvalue weighted by Crippen LogP contribution is 2.24. The summed E-state index contributed by atoms with van der Waals surface area (Å²) in [4.78, 5) is 4.41. The molecule has 0 saturated carbocycles. The van der Waals surface area contributed by atoms with E-state index in [-0.39, 0.29) is 5.82 Å². The van der Waals surface area contributed by atoms with Crippen LogP contribution < -0.4 is 4.90 Å². The van der Waals surface area contributed by atoms with Gasteiger partial charge in [0, 0.05) is 31.9 Å². The molecule has 1 aromatic carbocycles. The molecule has 124 valence electrons. The maximum Gasteiger partial charge on any atom is 0.151 e. The summed E-state index contributed by atoms with van der Waals surface area (Å²) in [6.07, 6.45) is 3.89. The first kappa shape index (κ1) is 16.3. The number of hydrogen-bond donors (Lipinski definition) is 0. The molecule has 0 N–H and O–H groups in total. The quantitative estimate of drug-likeness (QED) is 0.846. The molecule has 2 heterocycles. The van der Waals surface area contributed by atoms with Crippen LogP contribution >= 0.6 is 0 Å². The minimum absolute atomic E-state index is 0.306. The van der Waals surface area contributed by atoms with Crippen LogP contribution in [0.2, 0.25) is 0 Å². The Morgan fingerprint density at radius 1 is 1.42 bits per heavy atom. The van der Waals surface area contributed by atoms with E-state index in [1.807, 2.05) is 19.2 Å². The number of benzene rings is 1. The lowest BCUT2D eigenvalue weighted by molar-refractivity contribution is 0.302. The summed E-state index contributed by atoms with van der Waals surface area (Å²) in [5.41, 5.74) is 1.25. The summed E-state index contributed by atoms with van der Waals surface area (Å²) < 4.78 is 13.5. The Kier molecular flexibility index (Phi) is 5.02. The third-order valence-corrected chi connectivity index (χ3v) is 4.38. The van der Waals surface area contributed by atoms with E-state index in [0.717, 1.165) is 37.3 Å². The van der Waals surface area contributed by atoms with Crippen molar-refractivity contribution in [2.45, 2.75) is 25.4 Å². The van der Waals surface area contributed by atoms with Gasteiger partial charge in [-0.2, -0.15) is 10.4 Å². The van der Waals surface area contributed by atoms with Gasteiger partial charge in [-0.1, -0.05) is 0 Å². The molecular weight excluding hydrogens is 305 g/mol. The second kappa shape index (κ2) is 7.37. The van der Waals surface area contributed by atoms with Gasteiger partial charge in [-0.15, -0.1) is 5.10 Å². The van der Waals surface area contributed by atoms with Crippen LogP contribution in [0.3, 0.4) is 0 Å². The standard InChI is InChI=1S/C18H20FN5/c1-23(12-15-10-16(19)7-6-14(15)11-20)13-17-4-3-9-24(17)18-5-2-8-21-22-18/h2,5-8,10,17H,3-4,9,12-13H2,1H3. The van der Waals surface area contributed by atoms with Gasteiger partial charge < -0.3 is 9.80 Å². The third kappa shape index (κ3) is 3.69. The van der Waals surface area contributed by atoms with E-state index >= 15 is 0 Å². The monoisotopic (exact) mass is 325 g/mol. The number of hydrogen-bond acceptors (Lipinski definition) is 5. The molecule has 1 aliphatic rings. The van der Waals surface area contributed by atoms with Gasteiger partial charge in [0.2, 0.25) is 0 Å². The number of rotatable bonds is 5. The largest absolute Gasteiger partial charge is 0.351 e. The summed E-state index contributed by atoms with van der Waals surface area (Å²) in [5, 5.41) is 17.3. The summed E-state index contributed by atoms with van der Waals surface area (Å²) >= 11 is 0. The van der Waals surface area contributed by atoms with E-state index in [0.29, 0.717) is 18.2 Å². The highest BCUT2D eigenvalue weighted by Gasteiger charge is 2.27. The molecule has 0 bridgehead atoms. The molecule has 1 saturated heterocycles. The molecule has 24 heavy (non-hydrogen) atoms. The average molecular weight is 325 g/mol. The van der Waals surface area contributed by atoms with Gasteiger partial charge in [-0.3, -0.25) is 0 Å². The fourth-order valence-electron chi connectivity index (χ4n) is 3.29. The molecule has 0 radical (unpaired) electrons. The van der Waals surface area contributed by atoms with Crippen LogP contribution in [0.5, 0.6) is 0 Å². The molecule has 6 heteroatoms. The Morgan fingerprint density at radius 3 is 3.04 bits per heavy atom. The van der Waals surface area contributed by atoms with E-state index in [9.17, 15) is 9.65 Å². The number of anilines is 1. The Morgan fingerprint density at radius 2 is 2.29 bits per heavy atom. The van der Waals surface area contributed by atoms with E-state index in [2.05, 4.69) is 26.1 Å². The van der Waals surface area contributed by atoms with Gasteiger partial charge in [-0.05, 0) is 55.8 Å². The molecule has 1 fully saturated rings. The second-order valence-electron chi connectivity index (χ2n) is 6.18. The van der Waals surface area contributed by atoms with Crippen molar-refractivity contribution < 1.29 is 4.39 Å². The topological polar surface area (TPSA) is 56.1 Å². The Bertz CT molecular complexity index is 728. The molecule has 1 aliphatic heterocycles. The number of nitriles is 1. The highest BCUT2D eigenvalue weighted by atomic mass is 19.1. The predicted molar refractivity (Wildman–Crippen MR) is 89.8 cm³/mol. The van der Waals surface area contributed by atoms with Crippen LogP contribution in [-0.4, -0.2) is 41.3 Å². The van der Waals surface area contributed by atoms with Crippen LogP contribution in [0.1, 0.15) is 24.0 Å². The lowest BCUT2D eigenvalue weighted by Crippen LogP contribution is -2.39. The van der Waals surface area contributed by atoms with Crippen molar-refractivity contribution in [3.05, 3.63) is 53.5 Å². The van der Waals surface area contributed by atoms with Gasteiger partial charge >= 0.3 is 0 Å². The smallest absolute Gasteiger partial charge is 0.151 e. The minimum Gasteiger partial charge on any atom is -0.351 e. The molecule has 2 aromatic rings. The maximum absolute atomic E-state index is 13.5. The zero-order valence-electron chi connectivity index (χ0n) is 13.7. The molecule has 1 aromatic heterocycles. The van der Waals surface area contributed by atoms with Crippen molar-refractivity contribution in [3.63, 3.8) is 0 Å². The van der Waals surface area contributed by atoms with E-state index in [1.54, 1.807) is 12.3 Å². The summed E-state index contributed by atoms with van der Waals surface area (Å²) in [6.45, 7) is 2.35. The van der Waals surface area contributed by atoms with Crippen molar-refractivity contribution in [3.8, 4) is 6.07 Å². The molecule has 0 amide bonds. The third-order valence-electron chi connectivity index (χ3n) is 4.38. The number of aromatic nitrogens is 2. The van der Waals surface area contributed by atoms with Crippen molar-refractivity contribution in [2.75, 3.05) is 25.0 Å². The number of nitrogens with zero attached hydrogens (tertiary/aromatic N) is 5. The molecule has 1 unspecified atom stereocenters. The molecule has 3 rings (SSSR count). The summed E-state index contributed by atoms with van der Waals surface area (Å²) in [6, 6.07) is 10.7. The molecule has 5 nitrogen and oxygen atoms in total. The predicted octanol–water partition coefficient (Wildman–Crippen LogP) is 2.59. The SMILES string of the molecule is CN(Cc1cc(F)ccc1C#N)CC1CCCN1c1cccnn1. The van der Waals surface area contributed by atoms with Gasteiger partial charge in [0.05, 0.1) is 11.6 Å². The molecule has 1 atom stereocenters. The molecule has 0 spiro atoms. The van der Waals surface area contributed by atoms with Crippen LogP contribution in [-0.2, 0) is 6.54 Å². The summed E-state index contributed by atoms with van der Waals surface area (Å²) in [7, 11) is 2.00. The molecule has 0 aliphatic carbocycles. The zero-order chi connectivity index (χ0) is 16.9. The van der Waals surface area contributed by atoms with Crippen molar-refractivity contribution in [1.82, 2.24) is 15.1 Å². The van der Waals surface area contributed by atoms with Crippen molar-refractivity contribution >= 4 is 5.82 Å². The van der Waals surface area contributed by atoms with Gasteiger partial charge in [0.1, 0.15) is 5.82 Å². The lowest BCUT2D eigenvalue weighted by atomic mass is 10.1. The van der Waals surface area contributed by atoms with Crippen LogP contribution in [0.15, 0.2) is 36.5 Å². The number of likely N-dealkylation sites (N-methyl/N-ethyl adjacent to an activating group) is 1. The van der Waals surface area contributed by atoms with Crippen LogP contribution in [0, 0.1) is 17.1 Å². The average Bonchev–Trinajstić information content (AvgIpc) is 3.04. The maximum atomic E-state index is 13.5. The normalized spacial score (nSPS) is 17.2. The first-order chi connectivity index (χ1) is 11.7. The van der Waals surface area contributed by atoms with Crippen LogP contribution in [0.4, 0.5) is 10.2 Å². The van der Waals surface area contributed by atoms with E-state index < -0.39 is 0 Å². The Balaban J connectivity index is 1.68. The van der Waals surface area contributed by atoms with Crippen molar-refractivity contribution in [2.24, 2.45) is 0 Å². The molecular formula is C18H20FN5. The lowest BCUT2D eigenvalue weighted by Gasteiger charge is -2.29. The van der Waals surface area contributed by atoms with Crippen molar-refractivity contribution in [1.29, 1.82) is 5.26 Å². The Hall–Kier alpha value is -2.52. The first-order valence-electron chi connectivity index (χ1n) is 8.09. The zero-order valence-corrected chi connectivity index (χ0v) is 13.7. The highest BCUT2D eigenvalue weighted by molar-refractivity contribution is 5.40. The van der Waals surface area contributed by atoms with E-state index in [1.165, 1.54) is 12.1 Å². The fourth-order valence-corrected chi connectivity index (χ4v) is 3.29. The van der Waals surface area contributed by atoms with Gasteiger partial charge in [0.15, 0.2) is 5.82 Å². The minimum atomic E-state index is -0.306. The fraction of sp³-hybridized carbons (Fsp3) is 0.389. The van der Waals surface area contributed by atoms with Gasteiger partial charge in [-0.25, -0.2) is 4.39 Å². The Labute approximate surface area is 141 Å². The van der Waals surface area contributed by atoms with E-state index in [4.69, 9.17) is 0 Å². The van der Waals surface area contributed by atoms with Gasteiger partial charge in [0.25, 0.3) is 0 Å².